The van der Waals surface area contributed by atoms with Gasteiger partial charge < -0.3 is 5.32 Å². The van der Waals surface area contributed by atoms with Gasteiger partial charge in [0.05, 0.1) is 4.90 Å². The van der Waals surface area contributed by atoms with Crippen LogP contribution in [0.2, 0.25) is 0 Å². The summed E-state index contributed by atoms with van der Waals surface area (Å²) in [5.41, 5.74) is 1.50. The summed E-state index contributed by atoms with van der Waals surface area (Å²) in [4.78, 5) is 10.9. The lowest BCUT2D eigenvalue weighted by Crippen LogP contribution is -2.27. The summed E-state index contributed by atoms with van der Waals surface area (Å²) in [5, 5.41) is 1.30. The highest BCUT2D eigenvalue weighted by atomic mass is 32.2. The molecule has 5 heteroatoms. The molecule has 0 saturated heterocycles. The van der Waals surface area contributed by atoms with E-state index in [-0.39, 0.29) is 4.90 Å². The second-order valence-electron chi connectivity index (χ2n) is 4.43. The van der Waals surface area contributed by atoms with Gasteiger partial charge in [0.15, 0.2) is 5.37 Å². The summed E-state index contributed by atoms with van der Waals surface area (Å²) in [6.07, 6.45) is 0.406. The maximum absolute atomic E-state index is 12.6. The van der Waals surface area contributed by atoms with E-state index in [4.69, 9.17) is 0 Å². The fourth-order valence-electron chi connectivity index (χ4n) is 1.92. The van der Waals surface area contributed by atoms with Crippen molar-refractivity contribution in [3.8, 4) is 0 Å². The highest BCUT2D eigenvalue weighted by Crippen LogP contribution is 2.26. The number of sulfone groups is 1. The number of rotatable bonds is 5. The van der Waals surface area contributed by atoms with Crippen molar-refractivity contribution in [1.29, 1.82) is 0 Å². The first-order valence-corrected chi connectivity index (χ1v) is 7.65. The quantitative estimate of drug-likeness (QED) is 0.858. The molecule has 0 aliphatic rings. The van der Waals surface area contributed by atoms with Crippen LogP contribution in [0.1, 0.15) is 16.5 Å². The van der Waals surface area contributed by atoms with Gasteiger partial charge in [-0.2, -0.15) is 0 Å². The number of carbonyl (C=O) groups excluding carboxylic acids is 1. The molecule has 20 heavy (non-hydrogen) atoms. The van der Waals surface area contributed by atoms with Crippen LogP contribution in [-0.4, -0.2) is 14.8 Å². The van der Waals surface area contributed by atoms with Gasteiger partial charge in [-0.05, 0) is 24.6 Å². The average Bonchev–Trinajstić information content (AvgIpc) is 2.46. The Hall–Kier alpha value is -2.14. The van der Waals surface area contributed by atoms with Crippen LogP contribution in [0.15, 0.2) is 59.5 Å². The normalized spacial score (nSPS) is 12.7. The molecule has 1 unspecified atom stereocenters. The maximum Gasteiger partial charge on any atom is 0.208 e. The third-order valence-electron chi connectivity index (χ3n) is 2.98. The predicted octanol–water partition coefficient (Wildman–Crippen LogP) is 2.21. The molecule has 2 aromatic rings. The minimum Gasteiger partial charge on any atom is -0.338 e. The number of aryl methyl sites for hydroxylation is 1. The molecule has 0 fully saturated rings. The van der Waals surface area contributed by atoms with Crippen molar-refractivity contribution < 1.29 is 13.2 Å². The Morgan fingerprint density at radius 1 is 1.00 bits per heavy atom. The van der Waals surface area contributed by atoms with Crippen LogP contribution in [0.5, 0.6) is 0 Å². The van der Waals surface area contributed by atoms with Crippen molar-refractivity contribution in [2.24, 2.45) is 0 Å². The molecular weight excluding hydrogens is 274 g/mol. The molecule has 1 atom stereocenters. The second kappa shape index (κ2) is 5.88. The van der Waals surface area contributed by atoms with Gasteiger partial charge in [0.1, 0.15) is 0 Å². The van der Waals surface area contributed by atoms with Gasteiger partial charge in [-0.3, -0.25) is 4.79 Å². The number of hydrogen-bond acceptors (Lipinski definition) is 3. The third kappa shape index (κ3) is 2.88. The molecule has 104 valence electrons. The molecule has 0 heterocycles. The fourth-order valence-corrected chi connectivity index (χ4v) is 3.46. The molecule has 2 aromatic carbocycles. The topological polar surface area (TPSA) is 63.2 Å². The van der Waals surface area contributed by atoms with Crippen molar-refractivity contribution in [2.45, 2.75) is 17.2 Å². The van der Waals surface area contributed by atoms with Gasteiger partial charge in [0.25, 0.3) is 0 Å². The Morgan fingerprint density at radius 2 is 1.60 bits per heavy atom. The van der Waals surface area contributed by atoms with E-state index >= 15 is 0 Å². The number of hydrogen-bond donors (Lipinski definition) is 1. The van der Waals surface area contributed by atoms with Crippen LogP contribution in [-0.2, 0) is 14.6 Å². The van der Waals surface area contributed by atoms with Gasteiger partial charge in [0.2, 0.25) is 16.2 Å². The Balaban J connectivity index is 2.48. The lowest BCUT2D eigenvalue weighted by Gasteiger charge is -2.17. The van der Waals surface area contributed by atoms with E-state index < -0.39 is 15.2 Å². The first-order valence-electron chi connectivity index (χ1n) is 6.11. The summed E-state index contributed by atoms with van der Waals surface area (Å²) in [7, 11) is -3.68. The highest BCUT2D eigenvalue weighted by molar-refractivity contribution is 7.91. The zero-order valence-electron chi connectivity index (χ0n) is 11.0. The number of benzene rings is 2. The summed E-state index contributed by atoms with van der Waals surface area (Å²) < 4.78 is 25.2. The smallest absolute Gasteiger partial charge is 0.208 e. The third-order valence-corrected chi connectivity index (χ3v) is 4.94. The largest absolute Gasteiger partial charge is 0.338 e. The van der Waals surface area contributed by atoms with Crippen LogP contribution in [0, 0.1) is 6.92 Å². The first-order chi connectivity index (χ1) is 9.55. The summed E-state index contributed by atoms with van der Waals surface area (Å²) >= 11 is 0. The summed E-state index contributed by atoms with van der Waals surface area (Å²) in [6.45, 7) is 1.88. The molecule has 0 aliphatic carbocycles. The number of carbonyl (C=O) groups is 1. The van der Waals surface area contributed by atoms with Crippen LogP contribution in [0.25, 0.3) is 0 Å². The lowest BCUT2D eigenvalue weighted by molar-refractivity contribution is -0.109. The minimum atomic E-state index is -3.68. The average molecular weight is 289 g/mol. The van der Waals surface area contributed by atoms with E-state index in [0.29, 0.717) is 12.0 Å². The Labute approximate surface area is 118 Å². The van der Waals surface area contributed by atoms with Gasteiger partial charge in [0, 0.05) is 0 Å². The fraction of sp³-hybridized carbons (Fsp3) is 0.133. The van der Waals surface area contributed by atoms with Crippen molar-refractivity contribution in [1.82, 2.24) is 5.32 Å². The van der Waals surface area contributed by atoms with Crippen molar-refractivity contribution in [3.05, 3.63) is 65.7 Å². The lowest BCUT2D eigenvalue weighted by atomic mass is 10.2. The maximum atomic E-state index is 12.6. The van der Waals surface area contributed by atoms with Gasteiger partial charge in [-0.25, -0.2) is 8.42 Å². The van der Waals surface area contributed by atoms with Gasteiger partial charge >= 0.3 is 0 Å². The van der Waals surface area contributed by atoms with E-state index in [0.717, 1.165) is 5.56 Å². The molecular formula is C15H15NO3S. The molecule has 0 saturated carbocycles. The SMILES string of the molecule is Cc1ccc(S(=O)(=O)C(NC=O)c2ccccc2)cc1. The van der Waals surface area contributed by atoms with Crippen molar-refractivity contribution in [2.75, 3.05) is 0 Å². The predicted molar refractivity (Wildman–Crippen MR) is 76.7 cm³/mol. The van der Waals surface area contributed by atoms with E-state index in [2.05, 4.69) is 5.32 Å². The van der Waals surface area contributed by atoms with Crippen molar-refractivity contribution >= 4 is 16.2 Å². The standard InChI is InChI=1S/C15H15NO3S/c1-12-7-9-14(10-8-12)20(18,19)15(16-11-17)13-5-3-2-4-6-13/h2-11,15H,1H3,(H,16,17). The van der Waals surface area contributed by atoms with Crippen LogP contribution in [0.3, 0.4) is 0 Å². The second-order valence-corrected chi connectivity index (χ2v) is 6.47. The molecule has 1 N–H and O–H groups in total. The number of amides is 1. The number of nitrogens with one attached hydrogen (secondary N) is 1. The Kier molecular flexibility index (Phi) is 4.20. The van der Waals surface area contributed by atoms with Gasteiger partial charge in [-0.15, -0.1) is 0 Å². The molecule has 0 spiro atoms. The molecule has 2 rings (SSSR count). The molecule has 1 amide bonds. The monoisotopic (exact) mass is 289 g/mol. The Morgan fingerprint density at radius 3 is 2.15 bits per heavy atom. The van der Waals surface area contributed by atoms with Crippen LogP contribution < -0.4 is 5.32 Å². The zero-order valence-corrected chi connectivity index (χ0v) is 11.8. The zero-order chi connectivity index (χ0) is 14.6. The molecule has 0 radical (unpaired) electrons. The highest BCUT2D eigenvalue weighted by Gasteiger charge is 2.28. The van der Waals surface area contributed by atoms with Crippen LogP contribution >= 0.6 is 0 Å². The molecule has 0 aliphatic heterocycles. The van der Waals surface area contributed by atoms with E-state index in [1.165, 1.54) is 0 Å². The minimum absolute atomic E-state index is 0.186. The van der Waals surface area contributed by atoms with E-state index in [1.54, 1.807) is 54.6 Å². The van der Waals surface area contributed by atoms with E-state index in [9.17, 15) is 13.2 Å². The van der Waals surface area contributed by atoms with Gasteiger partial charge in [-0.1, -0.05) is 48.0 Å². The summed E-state index contributed by atoms with van der Waals surface area (Å²) in [6, 6.07) is 15.2. The van der Waals surface area contributed by atoms with Crippen molar-refractivity contribution in [3.63, 3.8) is 0 Å². The first kappa shape index (κ1) is 14.3. The molecule has 0 bridgehead atoms. The summed E-state index contributed by atoms with van der Waals surface area (Å²) in [5.74, 6) is 0. The van der Waals surface area contributed by atoms with Crippen LogP contribution in [0.4, 0.5) is 0 Å². The molecule has 0 aromatic heterocycles. The van der Waals surface area contributed by atoms with E-state index in [1.807, 2.05) is 6.92 Å². The molecule has 4 nitrogen and oxygen atoms in total. The Bertz CT molecular complexity index is 679.